The van der Waals surface area contributed by atoms with E-state index in [1.165, 1.54) is 11.3 Å². The summed E-state index contributed by atoms with van der Waals surface area (Å²) < 4.78 is 0. The highest BCUT2D eigenvalue weighted by molar-refractivity contribution is 5.74. The summed E-state index contributed by atoms with van der Waals surface area (Å²) >= 11 is 0. The molecule has 2 nitrogen and oxygen atoms in total. The molecule has 11 heavy (non-hydrogen) atoms. The van der Waals surface area contributed by atoms with E-state index < -0.39 is 0 Å². The van der Waals surface area contributed by atoms with Crippen LogP contribution in [0.3, 0.4) is 0 Å². The molecule has 0 atom stereocenters. The molecule has 0 aromatic heterocycles. The SMILES string of the molecule is C1=[NH+]Cc2ccccc2N1.[I-]. The van der Waals surface area contributed by atoms with Crippen molar-refractivity contribution in [3.63, 3.8) is 0 Å². The molecule has 1 aliphatic heterocycles. The molecule has 0 saturated heterocycles. The molecule has 0 aliphatic carbocycles. The van der Waals surface area contributed by atoms with Crippen molar-refractivity contribution in [3.8, 4) is 0 Å². The van der Waals surface area contributed by atoms with Crippen LogP contribution in [0.5, 0.6) is 0 Å². The van der Waals surface area contributed by atoms with Gasteiger partial charge in [0.25, 0.3) is 0 Å². The highest BCUT2D eigenvalue weighted by atomic mass is 127. The summed E-state index contributed by atoms with van der Waals surface area (Å²) in [6.45, 7) is 0.934. The Bertz CT molecular complexity index is 244. The first-order valence-corrected chi connectivity index (χ1v) is 3.36. The zero-order chi connectivity index (χ0) is 6.81. The highest BCUT2D eigenvalue weighted by Gasteiger charge is 2.06. The molecule has 0 saturated carbocycles. The van der Waals surface area contributed by atoms with Crippen molar-refractivity contribution in [2.45, 2.75) is 6.54 Å². The fourth-order valence-electron chi connectivity index (χ4n) is 1.11. The Morgan fingerprint density at radius 1 is 1.27 bits per heavy atom. The average molecular weight is 260 g/mol. The maximum absolute atomic E-state index is 3.13. The second kappa shape index (κ2) is 3.71. The van der Waals surface area contributed by atoms with Gasteiger partial charge >= 0.3 is 0 Å². The van der Waals surface area contributed by atoms with Crippen LogP contribution >= 0.6 is 0 Å². The second-order valence-corrected chi connectivity index (χ2v) is 2.33. The molecule has 0 amide bonds. The van der Waals surface area contributed by atoms with Crippen LogP contribution in [0.25, 0.3) is 0 Å². The molecule has 0 unspecified atom stereocenters. The van der Waals surface area contributed by atoms with Gasteiger partial charge in [0, 0.05) is 5.56 Å². The van der Waals surface area contributed by atoms with E-state index in [4.69, 9.17) is 0 Å². The fraction of sp³-hybridized carbons (Fsp3) is 0.125. The smallest absolute Gasteiger partial charge is 0.235 e. The van der Waals surface area contributed by atoms with E-state index >= 15 is 0 Å². The first-order valence-electron chi connectivity index (χ1n) is 3.36. The minimum absolute atomic E-state index is 0. The highest BCUT2D eigenvalue weighted by Crippen LogP contribution is 2.12. The predicted molar refractivity (Wildman–Crippen MR) is 40.8 cm³/mol. The van der Waals surface area contributed by atoms with Crippen molar-refractivity contribution in [2.75, 3.05) is 5.32 Å². The van der Waals surface area contributed by atoms with Crippen molar-refractivity contribution in [1.29, 1.82) is 0 Å². The summed E-state index contributed by atoms with van der Waals surface area (Å²) in [7, 11) is 0. The first kappa shape index (κ1) is 8.52. The van der Waals surface area contributed by atoms with Gasteiger partial charge in [-0.25, -0.2) is 5.32 Å². The average Bonchev–Trinajstić information content (AvgIpc) is 2.05. The maximum atomic E-state index is 3.13. The molecule has 1 aromatic carbocycles. The molecular weight excluding hydrogens is 251 g/mol. The van der Waals surface area contributed by atoms with Crippen molar-refractivity contribution >= 4 is 12.0 Å². The number of hydrogen-bond donors (Lipinski definition) is 2. The number of benzene rings is 1. The normalized spacial score (nSPS) is 12.7. The van der Waals surface area contributed by atoms with E-state index in [-0.39, 0.29) is 24.0 Å². The number of fused-ring (bicyclic) bond motifs is 1. The molecule has 1 heterocycles. The molecule has 2 rings (SSSR count). The van der Waals surface area contributed by atoms with Gasteiger partial charge in [0.2, 0.25) is 6.34 Å². The molecular formula is C8H9IN2. The van der Waals surface area contributed by atoms with E-state index in [0.29, 0.717) is 0 Å². The number of nitrogens with one attached hydrogen (secondary N) is 2. The lowest BCUT2D eigenvalue weighted by Crippen LogP contribution is -3.00. The number of hydrogen-bond acceptors (Lipinski definition) is 1. The van der Waals surface area contributed by atoms with Crippen molar-refractivity contribution in [3.05, 3.63) is 29.8 Å². The van der Waals surface area contributed by atoms with Crippen LogP contribution in [0.1, 0.15) is 5.56 Å². The Hall–Kier alpha value is -0.580. The summed E-state index contributed by atoms with van der Waals surface area (Å²) in [5, 5.41) is 3.13. The lowest BCUT2D eigenvalue weighted by molar-refractivity contribution is -0.471. The minimum Gasteiger partial charge on any atom is -1.00 e. The van der Waals surface area contributed by atoms with Crippen LogP contribution in [0.4, 0.5) is 5.69 Å². The van der Waals surface area contributed by atoms with Gasteiger partial charge in [-0.05, 0) is 6.07 Å². The van der Waals surface area contributed by atoms with Gasteiger partial charge in [-0.15, -0.1) is 0 Å². The Labute approximate surface area is 82.7 Å². The number of rotatable bonds is 0. The minimum atomic E-state index is 0. The molecule has 58 valence electrons. The molecule has 0 spiro atoms. The second-order valence-electron chi connectivity index (χ2n) is 2.33. The number of anilines is 1. The zero-order valence-electron chi connectivity index (χ0n) is 5.97. The Kier molecular flexibility index (Phi) is 2.87. The van der Waals surface area contributed by atoms with Gasteiger partial charge in [-0.1, -0.05) is 18.2 Å². The quantitative estimate of drug-likeness (QED) is 0.470. The Morgan fingerprint density at radius 2 is 2.09 bits per heavy atom. The fourth-order valence-corrected chi connectivity index (χ4v) is 1.11. The summed E-state index contributed by atoms with van der Waals surface area (Å²) in [6, 6.07) is 8.27. The molecule has 0 bridgehead atoms. The summed E-state index contributed by atoms with van der Waals surface area (Å²) in [4.78, 5) is 3.10. The van der Waals surface area contributed by atoms with Gasteiger partial charge in [-0.2, -0.15) is 0 Å². The van der Waals surface area contributed by atoms with Crippen molar-refractivity contribution in [1.82, 2.24) is 0 Å². The van der Waals surface area contributed by atoms with Crippen LogP contribution in [0.2, 0.25) is 0 Å². The van der Waals surface area contributed by atoms with Crippen LogP contribution in [0.15, 0.2) is 24.3 Å². The van der Waals surface area contributed by atoms with Gasteiger partial charge in [0.05, 0.1) is 0 Å². The third-order valence-electron chi connectivity index (χ3n) is 1.64. The molecule has 3 heteroatoms. The molecule has 1 aliphatic rings. The van der Waals surface area contributed by atoms with Crippen molar-refractivity contribution < 1.29 is 29.0 Å². The lowest BCUT2D eigenvalue weighted by atomic mass is 10.1. The number of para-hydroxylation sites is 1. The molecule has 0 fully saturated rings. The summed E-state index contributed by atoms with van der Waals surface area (Å²) in [5.74, 6) is 0. The van der Waals surface area contributed by atoms with Gasteiger partial charge < -0.3 is 24.0 Å². The third-order valence-corrected chi connectivity index (χ3v) is 1.64. The van der Waals surface area contributed by atoms with E-state index in [0.717, 1.165) is 6.54 Å². The third kappa shape index (κ3) is 1.71. The van der Waals surface area contributed by atoms with Gasteiger partial charge in [-0.3, -0.25) is 4.99 Å². The standard InChI is InChI=1S/C8H8N2.HI/c1-2-4-8-7(3-1)5-9-6-10-8;/h1-4,6H,5H2,(H,9,10);1H. The monoisotopic (exact) mass is 260 g/mol. The summed E-state index contributed by atoms with van der Waals surface area (Å²) in [6.07, 6.45) is 1.86. The molecule has 2 N–H and O–H groups in total. The van der Waals surface area contributed by atoms with Crippen LogP contribution in [-0.4, -0.2) is 6.34 Å². The predicted octanol–water partition coefficient (Wildman–Crippen LogP) is -3.27. The van der Waals surface area contributed by atoms with Crippen LogP contribution in [0, 0.1) is 0 Å². The lowest BCUT2D eigenvalue weighted by Gasteiger charge is -2.04. The topological polar surface area (TPSA) is 26.0 Å². The molecule has 1 aromatic rings. The van der Waals surface area contributed by atoms with Gasteiger partial charge in [0.1, 0.15) is 12.2 Å². The van der Waals surface area contributed by atoms with Crippen molar-refractivity contribution in [2.24, 2.45) is 0 Å². The summed E-state index contributed by atoms with van der Waals surface area (Å²) in [5.41, 5.74) is 2.53. The largest absolute Gasteiger partial charge is 1.00 e. The molecule has 0 radical (unpaired) electrons. The first-order chi connectivity index (χ1) is 4.97. The Balaban J connectivity index is 0.000000605. The zero-order valence-corrected chi connectivity index (χ0v) is 8.13. The van der Waals surface area contributed by atoms with E-state index in [2.05, 4.69) is 22.4 Å². The maximum Gasteiger partial charge on any atom is 0.235 e. The number of halogens is 1. The van der Waals surface area contributed by atoms with E-state index in [1.54, 1.807) is 0 Å². The van der Waals surface area contributed by atoms with Gasteiger partial charge in [0.15, 0.2) is 0 Å². The Morgan fingerprint density at radius 3 is 2.91 bits per heavy atom. The van der Waals surface area contributed by atoms with Crippen LogP contribution in [-0.2, 0) is 6.54 Å². The van der Waals surface area contributed by atoms with Crippen LogP contribution < -0.4 is 34.3 Å². The van der Waals surface area contributed by atoms with E-state index in [9.17, 15) is 0 Å². The van der Waals surface area contributed by atoms with E-state index in [1.807, 2.05) is 18.5 Å².